The lowest BCUT2D eigenvalue weighted by Gasteiger charge is -2.46. The van der Waals surface area contributed by atoms with Crippen molar-refractivity contribution >= 4 is 20.5 Å². The molecule has 3 rings (SSSR count). The highest BCUT2D eigenvalue weighted by Crippen LogP contribution is 2.54. The Balaban J connectivity index is 0.000000281. The molecule has 14 heteroatoms. The summed E-state index contributed by atoms with van der Waals surface area (Å²) < 4.78 is 128. The molecular weight excluding hydrogens is 570 g/mol. The van der Waals surface area contributed by atoms with Crippen molar-refractivity contribution in [3.63, 3.8) is 0 Å². The summed E-state index contributed by atoms with van der Waals surface area (Å²) in [6, 6.07) is 21.1. The van der Waals surface area contributed by atoms with Gasteiger partial charge in [0.1, 0.15) is 5.57 Å². The van der Waals surface area contributed by atoms with Gasteiger partial charge in [-0.1, -0.05) is 42.3 Å². The summed E-state index contributed by atoms with van der Waals surface area (Å²) in [7, 11) is -2.97. The van der Waals surface area contributed by atoms with E-state index in [2.05, 4.69) is 105 Å². The van der Waals surface area contributed by atoms with Crippen molar-refractivity contribution in [1.29, 1.82) is 0 Å². The fourth-order valence-electron chi connectivity index (χ4n) is 4.09. The number of alkyl halides is 9. The summed E-state index contributed by atoms with van der Waals surface area (Å²) in [5.74, 6) is -2.51. The van der Waals surface area contributed by atoms with Gasteiger partial charge in [-0.3, -0.25) is 0 Å². The first kappa shape index (κ1) is 33.3. The number of hydrogen-bond donors (Lipinski definition) is 0. The topological polar surface area (TPSA) is 27.7 Å². The number of hydrogen-bond acceptors (Lipinski definition) is 3. The van der Waals surface area contributed by atoms with Crippen LogP contribution in [0.3, 0.4) is 0 Å². The van der Waals surface area contributed by atoms with Crippen molar-refractivity contribution in [1.82, 2.24) is 0 Å². The highest BCUT2D eigenvalue weighted by atomic mass is 28.4. The monoisotopic (exact) mass is 596 g/mol. The van der Waals surface area contributed by atoms with E-state index < -0.39 is 39.1 Å². The van der Waals surface area contributed by atoms with Crippen LogP contribution in [0.1, 0.15) is 11.1 Å². The lowest BCUT2D eigenvalue weighted by molar-refractivity contribution is -0.164. The summed E-state index contributed by atoms with van der Waals surface area (Å²) in [5.41, 5.74) is 5.03. The highest BCUT2D eigenvalue weighted by molar-refractivity contribution is 6.94. The predicted octanol–water partition coefficient (Wildman–Crippen LogP) is 7.98. The summed E-state index contributed by atoms with van der Waals surface area (Å²) in [5, 5.41) is 0. The van der Waals surface area contributed by atoms with Crippen LogP contribution in [0.5, 0.6) is 0 Å². The molecule has 0 fully saturated rings. The second-order valence-electron chi connectivity index (χ2n) is 8.64. The van der Waals surface area contributed by atoms with E-state index in [1.165, 1.54) is 22.3 Å². The SMILES string of the molecule is C1=C[CH+]C(=C(c2ccccc2)c2ccccc2)C=C1.CO[Si](C[B-](C(F)(F)F)(C(F)(F)F)C(F)(F)F)(OC)OC. The third-order valence-electron chi connectivity index (χ3n) is 6.35. The number of benzene rings is 2. The number of rotatable bonds is 7. The average molecular weight is 596 g/mol. The largest absolute Gasteiger partial charge is 0.464 e. The van der Waals surface area contributed by atoms with E-state index in [1.807, 2.05) is 0 Å². The van der Waals surface area contributed by atoms with Gasteiger partial charge in [-0.2, -0.15) is 0 Å². The van der Waals surface area contributed by atoms with Crippen molar-refractivity contribution in [3.05, 3.63) is 108 Å². The molecule has 40 heavy (non-hydrogen) atoms. The molecule has 0 atom stereocenters. The number of allylic oxidation sites excluding steroid dienone is 5. The molecule has 3 nitrogen and oxygen atoms in total. The van der Waals surface area contributed by atoms with E-state index in [1.54, 1.807) is 0 Å². The van der Waals surface area contributed by atoms with E-state index in [0.29, 0.717) is 21.3 Å². The van der Waals surface area contributed by atoms with Crippen LogP contribution in [0.4, 0.5) is 39.5 Å². The third kappa shape index (κ3) is 7.22. The van der Waals surface area contributed by atoms with Gasteiger partial charge in [0.15, 0.2) is 0 Å². The molecule has 1 aliphatic rings. The van der Waals surface area contributed by atoms with Crippen molar-refractivity contribution < 1.29 is 52.8 Å². The molecule has 0 bridgehead atoms. The van der Waals surface area contributed by atoms with E-state index in [9.17, 15) is 39.5 Å². The molecular formula is C26H26BF9O3Si. The molecule has 0 spiro atoms. The zero-order valence-corrected chi connectivity index (χ0v) is 22.6. The Morgan fingerprint density at radius 1 is 0.675 bits per heavy atom. The maximum absolute atomic E-state index is 12.7. The van der Waals surface area contributed by atoms with Crippen molar-refractivity contribution in [2.45, 2.75) is 24.2 Å². The fraction of sp³-hybridized carbons (Fsp3) is 0.269. The Kier molecular flexibility index (Phi) is 10.9. The van der Waals surface area contributed by atoms with Gasteiger partial charge >= 0.3 is 15.0 Å². The lowest BCUT2D eigenvalue weighted by Crippen LogP contribution is -2.75. The van der Waals surface area contributed by atoms with Gasteiger partial charge in [0.25, 0.3) is 18.2 Å². The molecule has 0 unspecified atom stereocenters. The lowest BCUT2D eigenvalue weighted by atomic mass is 9.23. The van der Waals surface area contributed by atoms with Gasteiger partial charge in [0.2, 0.25) is 0 Å². The van der Waals surface area contributed by atoms with Crippen molar-refractivity contribution in [2.75, 3.05) is 21.3 Å². The van der Waals surface area contributed by atoms with E-state index in [0.717, 1.165) is 0 Å². The minimum atomic E-state index is -6.87. The minimum absolute atomic E-state index is 0.614. The molecule has 0 aromatic heterocycles. The Morgan fingerprint density at radius 2 is 1.07 bits per heavy atom. The molecule has 2 aromatic rings. The fourth-order valence-corrected chi connectivity index (χ4v) is 6.54. The Labute approximate surface area is 227 Å². The van der Waals surface area contributed by atoms with E-state index >= 15 is 0 Å². The quantitative estimate of drug-likeness (QED) is 0.184. The molecule has 0 radical (unpaired) electrons. The molecule has 2 aromatic carbocycles. The van der Waals surface area contributed by atoms with Gasteiger partial charge < -0.3 is 13.3 Å². The average Bonchev–Trinajstić information content (AvgIpc) is 2.90. The van der Waals surface area contributed by atoms with Crippen LogP contribution in [0, 0.1) is 6.42 Å². The first-order valence-electron chi connectivity index (χ1n) is 11.6. The van der Waals surface area contributed by atoms with Crippen LogP contribution in [0.15, 0.2) is 90.5 Å². The Hall–Kier alpha value is -2.94. The summed E-state index contributed by atoms with van der Waals surface area (Å²) in [6.07, 6.45) is -16.1. The minimum Gasteiger partial charge on any atom is -0.379 e. The zero-order chi connectivity index (χ0) is 30.2. The van der Waals surface area contributed by atoms with E-state index in [4.69, 9.17) is 0 Å². The first-order valence-corrected chi connectivity index (χ1v) is 13.6. The van der Waals surface area contributed by atoms with Crippen LogP contribution >= 0.6 is 0 Å². The first-order chi connectivity index (χ1) is 18.6. The molecule has 0 saturated heterocycles. The Bertz CT molecular complexity index is 1090. The molecule has 0 N–H and O–H groups in total. The van der Waals surface area contributed by atoms with Crippen LogP contribution in [0.25, 0.3) is 5.57 Å². The smallest absolute Gasteiger partial charge is 0.379 e. The highest BCUT2D eigenvalue weighted by Gasteiger charge is 2.80. The van der Waals surface area contributed by atoms with E-state index in [-0.39, 0.29) is 0 Å². The summed E-state index contributed by atoms with van der Waals surface area (Å²) >= 11 is 0. The van der Waals surface area contributed by atoms with Gasteiger partial charge in [-0.25, -0.2) is 39.5 Å². The van der Waals surface area contributed by atoms with Crippen LogP contribution in [-0.4, -0.2) is 54.5 Å². The van der Waals surface area contributed by atoms with Gasteiger partial charge in [-0.15, -0.1) is 0 Å². The molecule has 218 valence electrons. The van der Waals surface area contributed by atoms with Crippen molar-refractivity contribution in [2.24, 2.45) is 0 Å². The number of halogens is 9. The molecule has 0 amide bonds. The normalized spacial score (nSPS) is 14.3. The van der Waals surface area contributed by atoms with Gasteiger partial charge in [0, 0.05) is 63.2 Å². The predicted molar refractivity (Wildman–Crippen MR) is 137 cm³/mol. The summed E-state index contributed by atoms with van der Waals surface area (Å²) in [6.45, 7) is 0. The maximum Gasteiger partial charge on any atom is 0.464 e. The summed E-state index contributed by atoms with van der Waals surface area (Å²) in [4.78, 5) is 0. The van der Waals surface area contributed by atoms with Crippen molar-refractivity contribution in [3.8, 4) is 0 Å². The van der Waals surface area contributed by atoms with Gasteiger partial charge in [0.05, 0.1) is 5.57 Å². The molecule has 0 aliphatic heterocycles. The Morgan fingerprint density at radius 3 is 1.38 bits per heavy atom. The molecule has 1 aliphatic carbocycles. The van der Waals surface area contributed by atoms with Crippen LogP contribution < -0.4 is 0 Å². The second kappa shape index (κ2) is 13.2. The molecule has 0 heterocycles. The second-order valence-corrected chi connectivity index (χ2v) is 11.6. The standard InChI is InChI=1S/C19H15.C7H11BF9O3Si/c1-4-10-16(11-5-1)19(17-12-6-2-7-13-17)18-14-8-3-9-15-18;1-18-21(19-2,20-3)4-8(5(9,10)11,6(12,13)14)7(15,16)17/h1-15H;4H2,1-3H3/q+1;-1. The maximum atomic E-state index is 12.7. The zero-order valence-electron chi connectivity index (χ0n) is 21.6. The van der Waals surface area contributed by atoms with Gasteiger partial charge in [-0.05, 0) is 24.3 Å². The van der Waals surface area contributed by atoms with Crippen LogP contribution in [0.2, 0.25) is 5.94 Å². The third-order valence-corrected chi connectivity index (χ3v) is 9.33. The van der Waals surface area contributed by atoms with Crippen LogP contribution in [-0.2, 0) is 13.3 Å². The molecule has 0 saturated carbocycles.